The van der Waals surface area contributed by atoms with Crippen molar-refractivity contribution >= 4 is 23.2 Å². The van der Waals surface area contributed by atoms with Gasteiger partial charge in [0, 0.05) is 57.6 Å². The molecule has 0 aromatic heterocycles. The Labute approximate surface area is 172 Å². The van der Waals surface area contributed by atoms with Gasteiger partial charge in [-0.15, -0.1) is 0 Å². The highest BCUT2D eigenvalue weighted by molar-refractivity contribution is 5.96. The van der Waals surface area contributed by atoms with Gasteiger partial charge in [-0.2, -0.15) is 0 Å². The van der Waals surface area contributed by atoms with E-state index >= 15 is 0 Å². The van der Waals surface area contributed by atoms with Crippen LogP contribution in [0.25, 0.3) is 0 Å². The highest BCUT2D eigenvalue weighted by Gasteiger charge is 2.23. The molecule has 2 aliphatic rings. The van der Waals surface area contributed by atoms with Gasteiger partial charge in [-0.3, -0.25) is 19.4 Å². The zero-order valence-corrected chi connectivity index (χ0v) is 16.9. The number of nitrogens with one attached hydrogen (secondary N) is 1. The van der Waals surface area contributed by atoms with Crippen molar-refractivity contribution in [2.45, 2.75) is 19.9 Å². The van der Waals surface area contributed by atoms with E-state index in [9.17, 15) is 9.59 Å². The largest absolute Gasteiger partial charge is 0.325 e. The summed E-state index contributed by atoms with van der Waals surface area (Å²) in [7, 11) is 0. The molecule has 1 N–H and O–H groups in total. The number of rotatable bonds is 5. The standard InChI is InChI=1S/C23H28N4O2/c1-18(28)27-10-9-20-15-21(7-8-22(20)27)24-23(29)17-26-13-11-25(12-14-26)16-19-5-3-2-4-6-19/h2-8,15H,9-14,16-17H2,1H3,(H,24,29). The number of fused-ring (bicyclic) bond motifs is 1. The molecule has 1 fully saturated rings. The van der Waals surface area contributed by atoms with Crippen molar-refractivity contribution < 1.29 is 9.59 Å². The number of nitrogens with zero attached hydrogens (tertiary/aromatic N) is 3. The number of carbonyl (C=O) groups excluding carboxylic acids is 2. The Hall–Kier alpha value is -2.70. The highest BCUT2D eigenvalue weighted by atomic mass is 16.2. The van der Waals surface area contributed by atoms with Crippen LogP contribution in [0, 0.1) is 0 Å². The first-order valence-corrected chi connectivity index (χ1v) is 10.3. The Kier molecular flexibility index (Phi) is 5.92. The molecule has 1 saturated heterocycles. The molecule has 6 nitrogen and oxygen atoms in total. The SMILES string of the molecule is CC(=O)N1CCc2cc(NC(=O)CN3CCN(Cc4ccccc4)CC3)ccc21. The van der Waals surface area contributed by atoms with Crippen molar-refractivity contribution in [3.8, 4) is 0 Å². The van der Waals surface area contributed by atoms with E-state index in [1.807, 2.05) is 24.3 Å². The molecule has 0 radical (unpaired) electrons. The Bertz CT molecular complexity index is 876. The second-order valence-electron chi connectivity index (χ2n) is 7.85. The van der Waals surface area contributed by atoms with Crippen molar-refractivity contribution in [2.75, 3.05) is 49.5 Å². The minimum Gasteiger partial charge on any atom is -0.325 e. The molecule has 0 spiro atoms. The van der Waals surface area contributed by atoms with Crippen LogP contribution in [0.4, 0.5) is 11.4 Å². The van der Waals surface area contributed by atoms with Crippen LogP contribution in [-0.2, 0) is 22.6 Å². The summed E-state index contributed by atoms with van der Waals surface area (Å²) < 4.78 is 0. The molecule has 0 unspecified atom stereocenters. The van der Waals surface area contributed by atoms with Crippen LogP contribution in [0.15, 0.2) is 48.5 Å². The van der Waals surface area contributed by atoms with Gasteiger partial charge < -0.3 is 10.2 Å². The van der Waals surface area contributed by atoms with Crippen LogP contribution in [-0.4, -0.2) is 60.9 Å². The molecular formula is C23H28N4O2. The number of piperazine rings is 1. The molecule has 0 atom stereocenters. The van der Waals surface area contributed by atoms with Crippen molar-refractivity contribution in [2.24, 2.45) is 0 Å². The van der Waals surface area contributed by atoms with Gasteiger partial charge in [0.25, 0.3) is 0 Å². The van der Waals surface area contributed by atoms with Crippen LogP contribution >= 0.6 is 0 Å². The highest BCUT2D eigenvalue weighted by Crippen LogP contribution is 2.30. The normalized spacial score (nSPS) is 17.2. The summed E-state index contributed by atoms with van der Waals surface area (Å²) >= 11 is 0. The Morgan fingerprint density at radius 3 is 2.38 bits per heavy atom. The van der Waals surface area contributed by atoms with Crippen molar-refractivity contribution in [1.82, 2.24) is 9.80 Å². The van der Waals surface area contributed by atoms with Gasteiger partial charge in [0.15, 0.2) is 0 Å². The van der Waals surface area contributed by atoms with E-state index < -0.39 is 0 Å². The molecule has 0 bridgehead atoms. The first-order valence-electron chi connectivity index (χ1n) is 10.3. The summed E-state index contributed by atoms with van der Waals surface area (Å²) in [5.41, 5.74) is 4.22. The number of amides is 2. The molecule has 6 heteroatoms. The Balaban J connectivity index is 1.25. The van der Waals surface area contributed by atoms with E-state index in [1.54, 1.807) is 11.8 Å². The molecular weight excluding hydrogens is 364 g/mol. The lowest BCUT2D eigenvalue weighted by molar-refractivity contribution is -0.118. The van der Waals surface area contributed by atoms with Gasteiger partial charge >= 0.3 is 0 Å². The number of anilines is 2. The quantitative estimate of drug-likeness (QED) is 0.849. The minimum atomic E-state index is 0.0166. The second-order valence-corrected chi connectivity index (χ2v) is 7.85. The van der Waals surface area contributed by atoms with Crippen LogP contribution in [0.3, 0.4) is 0 Å². The Morgan fingerprint density at radius 1 is 0.931 bits per heavy atom. The molecule has 2 heterocycles. The lowest BCUT2D eigenvalue weighted by Gasteiger charge is -2.34. The van der Waals surface area contributed by atoms with Crippen LogP contribution in [0.2, 0.25) is 0 Å². The van der Waals surface area contributed by atoms with E-state index in [0.29, 0.717) is 6.54 Å². The predicted octanol–water partition coefficient (Wildman–Crippen LogP) is 2.35. The summed E-state index contributed by atoms with van der Waals surface area (Å²) in [5, 5.41) is 3.02. The minimum absolute atomic E-state index is 0.0166. The maximum atomic E-state index is 12.5. The smallest absolute Gasteiger partial charge is 0.238 e. The maximum Gasteiger partial charge on any atom is 0.238 e. The average Bonchev–Trinajstić information content (AvgIpc) is 3.14. The maximum absolute atomic E-state index is 12.5. The lowest BCUT2D eigenvalue weighted by atomic mass is 10.1. The van der Waals surface area contributed by atoms with E-state index in [4.69, 9.17) is 0 Å². The van der Waals surface area contributed by atoms with Crippen LogP contribution < -0.4 is 10.2 Å². The number of hydrogen-bond acceptors (Lipinski definition) is 4. The average molecular weight is 393 g/mol. The molecule has 4 rings (SSSR count). The summed E-state index contributed by atoms with van der Waals surface area (Å²) in [4.78, 5) is 30.6. The van der Waals surface area contributed by atoms with Crippen molar-refractivity contribution in [3.05, 3.63) is 59.7 Å². The van der Waals surface area contributed by atoms with Gasteiger partial charge in [-0.1, -0.05) is 30.3 Å². The van der Waals surface area contributed by atoms with E-state index in [2.05, 4.69) is 39.4 Å². The van der Waals surface area contributed by atoms with E-state index in [0.717, 1.165) is 62.6 Å². The molecule has 0 saturated carbocycles. The fourth-order valence-corrected chi connectivity index (χ4v) is 4.16. The van der Waals surface area contributed by atoms with E-state index in [-0.39, 0.29) is 11.8 Å². The van der Waals surface area contributed by atoms with Gasteiger partial charge in [0.1, 0.15) is 0 Å². The first kappa shape index (κ1) is 19.6. The summed E-state index contributed by atoms with van der Waals surface area (Å²) in [5.74, 6) is 0.0785. The van der Waals surface area contributed by atoms with E-state index in [1.165, 1.54) is 5.56 Å². The van der Waals surface area contributed by atoms with Crippen LogP contribution in [0.1, 0.15) is 18.1 Å². The Morgan fingerprint density at radius 2 is 1.66 bits per heavy atom. The van der Waals surface area contributed by atoms with Gasteiger partial charge in [-0.25, -0.2) is 0 Å². The van der Waals surface area contributed by atoms with Crippen LogP contribution in [0.5, 0.6) is 0 Å². The fraction of sp³-hybridized carbons (Fsp3) is 0.391. The molecule has 2 aromatic carbocycles. The molecule has 0 aliphatic carbocycles. The molecule has 152 valence electrons. The molecule has 2 amide bonds. The molecule has 29 heavy (non-hydrogen) atoms. The van der Waals surface area contributed by atoms with Gasteiger partial charge in [-0.05, 0) is 35.7 Å². The summed E-state index contributed by atoms with van der Waals surface area (Å²) in [6, 6.07) is 16.3. The zero-order valence-electron chi connectivity index (χ0n) is 16.9. The van der Waals surface area contributed by atoms with Gasteiger partial charge in [0.05, 0.1) is 6.54 Å². The number of benzene rings is 2. The topological polar surface area (TPSA) is 55.9 Å². The third-order valence-corrected chi connectivity index (χ3v) is 5.72. The first-order chi connectivity index (χ1) is 14.1. The fourth-order valence-electron chi connectivity index (χ4n) is 4.16. The third-order valence-electron chi connectivity index (χ3n) is 5.72. The monoisotopic (exact) mass is 392 g/mol. The van der Waals surface area contributed by atoms with Gasteiger partial charge in [0.2, 0.25) is 11.8 Å². The number of hydrogen-bond donors (Lipinski definition) is 1. The molecule has 2 aliphatic heterocycles. The lowest BCUT2D eigenvalue weighted by Crippen LogP contribution is -2.48. The summed E-state index contributed by atoms with van der Waals surface area (Å²) in [6.07, 6.45) is 0.835. The second kappa shape index (κ2) is 8.76. The van der Waals surface area contributed by atoms with Crippen molar-refractivity contribution in [1.29, 1.82) is 0 Å². The summed E-state index contributed by atoms with van der Waals surface area (Å²) in [6.45, 7) is 7.43. The predicted molar refractivity (Wildman–Crippen MR) is 115 cm³/mol. The third kappa shape index (κ3) is 4.83. The number of carbonyl (C=O) groups is 2. The zero-order chi connectivity index (χ0) is 20.2. The van der Waals surface area contributed by atoms with Crippen molar-refractivity contribution in [3.63, 3.8) is 0 Å². The molecule has 2 aromatic rings.